The Kier molecular flexibility index (Phi) is 6.21. The number of aromatic amines is 1. The highest BCUT2D eigenvalue weighted by atomic mass is 32.2. The lowest BCUT2D eigenvalue weighted by Crippen LogP contribution is -2.06. The first-order valence-corrected chi connectivity index (χ1v) is 10.3. The lowest BCUT2D eigenvalue weighted by atomic mass is 9.99. The summed E-state index contributed by atoms with van der Waals surface area (Å²) in [5.41, 5.74) is 9.60. The molecule has 0 saturated heterocycles. The van der Waals surface area contributed by atoms with Gasteiger partial charge in [0, 0.05) is 33.8 Å². The second-order valence-corrected chi connectivity index (χ2v) is 8.07. The second kappa shape index (κ2) is 8.62. The van der Waals surface area contributed by atoms with Gasteiger partial charge in [-0.2, -0.15) is 24.4 Å². The maximum absolute atomic E-state index is 11.4. The molecule has 0 radical (unpaired) electrons. The fraction of sp³-hybridized carbons (Fsp3) is 0.200. The molecule has 1 unspecified atom stereocenters. The minimum atomic E-state index is -1.00. The Morgan fingerprint density at radius 2 is 1.79 bits per heavy atom. The first kappa shape index (κ1) is 20.2. The smallest absolute Gasteiger partial charge is 0.335 e. The maximum Gasteiger partial charge on any atom is 0.335 e. The van der Waals surface area contributed by atoms with E-state index >= 15 is 0 Å². The zero-order chi connectivity index (χ0) is 20.3. The van der Waals surface area contributed by atoms with E-state index in [1.54, 1.807) is 42.1 Å². The van der Waals surface area contributed by atoms with Crippen LogP contribution in [0.25, 0.3) is 10.9 Å². The van der Waals surface area contributed by atoms with Gasteiger partial charge in [0.2, 0.25) is 0 Å². The highest BCUT2D eigenvalue weighted by Gasteiger charge is 2.20. The highest BCUT2D eigenvalue weighted by molar-refractivity contribution is 8.00. The van der Waals surface area contributed by atoms with E-state index in [-0.39, 0.29) is 16.4 Å². The number of nitrogens with two attached hydrogens (primary N) is 1. The van der Waals surface area contributed by atoms with Crippen molar-refractivity contribution in [1.82, 2.24) is 4.98 Å². The van der Waals surface area contributed by atoms with E-state index in [2.05, 4.69) is 17.6 Å². The van der Waals surface area contributed by atoms with Crippen LogP contribution in [0.3, 0.4) is 0 Å². The lowest BCUT2D eigenvalue weighted by Gasteiger charge is -2.18. The number of fused-ring (bicyclic) bond motifs is 1. The van der Waals surface area contributed by atoms with Crippen molar-refractivity contribution in [2.45, 2.75) is 11.7 Å². The summed E-state index contributed by atoms with van der Waals surface area (Å²) in [5.74, 6) is -0.502. The fourth-order valence-corrected chi connectivity index (χ4v) is 4.49. The normalized spacial score (nSPS) is 12.2. The minimum Gasteiger partial charge on any atom is -0.478 e. The number of benzene rings is 2. The molecule has 0 aliphatic heterocycles. The quantitative estimate of drug-likeness (QED) is 0.279. The summed E-state index contributed by atoms with van der Waals surface area (Å²) in [4.78, 5) is 25.9. The van der Waals surface area contributed by atoms with Gasteiger partial charge in [-0.15, -0.1) is 0 Å². The third kappa shape index (κ3) is 4.28. The molecule has 0 aliphatic rings. The first-order chi connectivity index (χ1) is 13.4. The number of aromatic carboxylic acids is 2. The Morgan fingerprint density at radius 1 is 1.11 bits per heavy atom. The number of aromatic nitrogens is 1. The van der Waals surface area contributed by atoms with Crippen molar-refractivity contribution in [3.63, 3.8) is 0 Å². The van der Waals surface area contributed by atoms with E-state index in [1.807, 2.05) is 6.20 Å². The minimum absolute atomic E-state index is 0.0312. The van der Waals surface area contributed by atoms with Crippen LogP contribution in [0.5, 0.6) is 0 Å². The predicted octanol–water partition coefficient (Wildman–Crippen LogP) is 4.09. The predicted molar refractivity (Wildman–Crippen MR) is 116 cm³/mol. The average molecular weight is 417 g/mol. The number of thiol groups is 1. The largest absolute Gasteiger partial charge is 0.478 e. The van der Waals surface area contributed by atoms with Crippen LogP contribution in [-0.4, -0.2) is 38.6 Å². The van der Waals surface area contributed by atoms with Crippen molar-refractivity contribution < 1.29 is 19.8 Å². The van der Waals surface area contributed by atoms with Crippen molar-refractivity contribution in [3.05, 3.63) is 64.8 Å². The molecule has 5 N–H and O–H groups in total. The summed E-state index contributed by atoms with van der Waals surface area (Å²) in [7, 11) is 0. The van der Waals surface area contributed by atoms with E-state index < -0.39 is 11.9 Å². The molecule has 0 spiro atoms. The van der Waals surface area contributed by atoms with Crippen molar-refractivity contribution >= 4 is 52.9 Å². The molecule has 146 valence electrons. The van der Waals surface area contributed by atoms with Crippen molar-refractivity contribution in [3.8, 4) is 0 Å². The van der Waals surface area contributed by atoms with Gasteiger partial charge < -0.3 is 20.9 Å². The van der Waals surface area contributed by atoms with Crippen molar-refractivity contribution in [2.75, 3.05) is 17.2 Å². The molecule has 1 atom stereocenters. The van der Waals surface area contributed by atoms with Gasteiger partial charge in [0.1, 0.15) is 0 Å². The standard InChI is InChI=1S/C20H20N2O4S2/c21-16-3-1-11(19(23)24)7-13(16)9-18(28-6-5-27)15-10-22-17-4-2-12(20(25)26)8-14(15)17/h1-4,7-8,10,18,22,27H,5-6,9,21H2,(H,23,24)(H,25,26). The Labute approximate surface area is 171 Å². The van der Waals surface area contributed by atoms with Crippen molar-refractivity contribution in [1.29, 1.82) is 0 Å². The third-order valence-electron chi connectivity index (χ3n) is 4.51. The molecule has 0 fully saturated rings. The number of carbonyl (C=O) groups is 2. The number of rotatable bonds is 8. The Balaban J connectivity index is 2.03. The van der Waals surface area contributed by atoms with Gasteiger partial charge in [0.15, 0.2) is 0 Å². The van der Waals surface area contributed by atoms with Crippen LogP contribution in [-0.2, 0) is 6.42 Å². The third-order valence-corrected chi connectivity index (χ3v) is 6.30. The van der Waals surface area contributed by atoms with Gasteiger partial charge in [0.25, 0.3) is 0 Å². The number of carboxylic acid groups (broad SMARTS) is 2. The summed E-state index contributed by atoms with van der Waals surface area (Å²) in [5, 5.41) is 19.4. The van der Waals surface area contributed by atoms with Crippen LogP contribution < -0.4 is 5.73 Å². The zero-order valence-electron chi connectivity index (χ0n) is 14.9. The fourth-order valence-electron chi connectivity index (χ4n) is 3.11. The summed E-state index contributed by atoms with van der Waals surface area (Å²) < 4.78 is 0. The van der Waals surface area contributed by atoms with Crippen LogP contribution in [0.2, 0.25) is 0 Å². The topological polar surface area (TPSA) is 116 Å². The van der Waals surface area contributed by atoms with E-state index in [9.17, 15) is 19.8 Å². The molecule has 0 bridgehead atoms. The number of carboxylic acids is 2. The van der Waals surface area contributed by atoms with E-state index in [0.29, 0.717) is 17.9 Å². The van der Waals surface area contributed by atoms with Crippen LogP contribution in [0, 0.1) is 0 Å². The number of hydrogen-bond donors (Lipinski definition) is 5. The van der Waals surface area contributed by atoms with E-state index in [0.717, 1.165) is 27.8 Å². The van der Waals surface area contributed by atoms with Gasteiger partial charge in [-0.1, -0.05) is 0 Å². The van der Waals surface area contributed by atoms with Gasteiger partial charge in [-0.05, 0) is 59.7 Å². The number of nitrogens with one attached hydrogen (secondary N) is 1. The molecule has 2 aromatic carbocycles. The van der Waals surface area contributed by atoms with Gasteiger partial charge in [-0.25, -0.2) is 9.59 Å². The van der Waals surface area contributed by atoms with Gasteiger partial charge in [0.05, 0.1) is 11.1 Å². The Bertz CT molecular complexity index is 1030. The summed E-state index contributed by atoms with van der Waals surface area (Å²) in [6, 6.07) is 9.67. The molecule has 1 heterocycles. The number of thioether (sulfide) groups is 1. The summed E-state index contributed by atoms with van der Waals surface area (Å²) in [6.07, 6.45) is 2.40. The highest BCUT2D eigenvalue weighted by Crippen LogP contribution is 2.38. The molecule has 0 saturated carbocycles. The van der Waals surface area contributed by atoms with Gasteiger partial charge in [-0.3, -0.25) is 0 Å². The van der Waals surface area contributed by atoms with Crippen LogP contribution in [0.15, 0.2) is 42.6 Å². The molecule has 0 aliphatic carbocycles. The molecule has 1 aromatic heterocycles. The van der Waals surface area contributed by atoms with Crippen LogP contribution in [0.4, 0.5) is 5.69 Å². The first-order valence-electron chi connectivity index (χ1n) is 8.59. The molecular formula is C20H20N2O4S2. The molecule has 0 amide bonds. The lowest BCUT2D eigenvalue weighted by molar-refractivity contribution is 0.0686. The molecule has 6 nitrogen and oxygen atoms in total. The van der Waals surface area contributed by atoms with Crippen molar-refractivity contribution in [2.24, 2.45) is 0 Å². The molecular weight excluding hydrogens is 396 g/mol. The number of nitrogen functional groups attached to an aromatic ring is 1. The van der Waals surface area contributed by atoms with Crippen LogP contribution in [0.1, 0.15) is 37.1 Å². The van der Waals surface area contributed by atoms with Crippen LogP contribution >= 0.6 is 24.4 Å². The Morgan fingerprint density at radius 3 is 2.46 bits per heavy atom. The molecule has 8 heteroatoms. The van der Waals surface area contributed by atoms with E-state index in [4.69, 9.17) is 5.73 Å². The average Bonchev–Trinajstić information content (AvgIpc) is 3.09. The van der Waals surface area contributed by atoms with Gasteiger partial charge >= 0.3 is 11.9 Å². The monoisotopic (exact) mass is 416 g/mol. The summed E-state index contributed by atoms with van der Waals surface area (Å²) in [6.45, 7) is 0. The number of hydrogen-bond acceptors (Lipinski definition) is 5. The number of anilines is 1. The molecule has 3 aromatic rings. The second-order valence-electron chi connectivity index (χ2n) is 6.32. The van der Waals surface area contributed by atoms with E-state index in [1.165, 1.54) is 6.07 Å². The maximum atomic E-state index is 11.4. The molecule has 3 rings (SSSR count). The number of H-pyrrole nitrogens is 1. The zero-order valence-corrected chi connectivity index (χ0v) is 16.6. The SMILES string of the molecule is Nc1ccc(C(=O)O)cc1CC(SCCS)c1c[nH]c2ccc(C(=O)O)cc12. The Hall–Kier alpha value is -2.58. The molecule has 28 heavy (non-hydrogen) atoms. The summed E-state index contributed by atoms with van der Waals surface area (Å²) >= 11 is 5.97.